The molecule has 0 aliphatic carbocycles. The molecule has 1 heterocycles. The molecule has 0 saturated heterocycles. The predicted octanol–water partition coefficient (Wildman–Crippen LogP) is 3.45. The molecule has 0 bridgehead atoms. The minimum atomic E-state index is -0.329. The summed E-state index contributed by atoms with van der Waals surface area (Å²) in [6.07, 6.45) is 0.912. The second kappa shape index (κ2) is 6.14. The Kier molecular flexibility index (Phi) is 4.06. The van der Waals surface area contributed by atoms with Crippen LogP contribution in [0.2, 0.25) is 0 Å². The number of fused-ring (bicyclic) bond motifs is 1. The van der Waals surface area contributed by atoms with Gasteiger partial charge in [-0.15, -0.1) is 0 Å². The molecule has 3 rings (SSSR count). The largest absolute Gasteiger partial charge is 0.494 e. The zero-order valence-corrected chi connectivity index (χ0v) is 11.9. The number of rotatable bonds is 4. The average molecular weight is 287 g/mol. The number of para-hydroxylation sites is 1. The molecule has 3 nitrogen and oxygen atoms in total. The number of benzene rings is 2. The van der Waals surface area contributed by atoms with Gasteiger partial charge in [-0.05, 0) is 23.8 Å². The van der Waals surface area contributed by atoms with E-state index >= 15 is 0 Å². The van der Waals surface area contributed by atoms with Crippen molar-refractivity contribution in [2.45, 2.75) is 19.0 Å². The van der Waals surface area contributed by atoms with Gasteiger partial charge in [0.2, 0.25) is 0 Å². The van der Waals surface area contributed by atoms with Gasteiger partial charge in [0, 0.05) is 24.6 Å². The Balaban J connectivity index is 1.70. The third-order valence-corrected chi connectivity index (χ3v) is 3.73. The third kappa shape index (κ3) is 3.00. The zero-order valence-electron chi connectivity index (χ0n) is 11.9. The first-order chi connectivity index (χ1) is 10.3. The van der Waals surface area contributed by atoms with Gasteiger partial charge in [0.05, 0.1) is 13.7 Å². The fourth-order valence-electron chi connectivity index (χ4n) is 2.62. The van der Waals surface area contributed by atoms with Crippen LogP contribution in [0.1, 0.15) is 23.6 Å². The van der Waals surface area contributed by atoms with Crippen LogP contribution in [0.15, 0.2) is 42.5 Å². The lowest BCUT2D eigenvalue weighted by molar-refractivity contribution is 0.252. The summed E-state index contributed by atoms with van der Waals surface area (Å²) in [6.45, 7) is 1.31. The molecule has 1 unspecified atom stereocenters. The van der Waals surface area contributed by atoms with Crippen molar-refractivity contribution in [3.63, 3.8) is 0 Å². The van der Waals surface area contributed by atoms with Gasteiger partial charge in [-0.2, -0.15) is 0 Å². The molecule has 2 aromatic rings. The molecule has 0 radical (unpaired) electrons. The lowest BCUT2D eigenvalue weighted by Gasteiger charge is -2.26. The highest BCUT2D eigenvalue weighted by Crippen LogP contribution is 2.31. The number of nitrogens with one attached hydrogen (secondary N) is 1. The van der Waals surface area contributed by atoms with Gasteiger partial charge in [0.1, 0.15) is 5.75 Å². The highest BCUT2D eigenvalue weighted by molar-refractivity contribution is 5.37. The Morgan fingerprint density at radius 1 is 1.29 bits per heavy atom. The maximum absolute atomic E-state index is 13.7. The average Bonchev–Trinajstić information content (AvgIpc) is 2.53. The standard InChI is InChI=1S/C17H18FNO2/c1-20-17-7-6-12(10-14(17)18)11-19-15-8-9-21-16-5-3-2-4-13(15)16/h2-7,10,15,19H,8-9,11H2,1H3. The minimum Gasteiger partial charge on any atom is -0.494 e. The lowest BCUT2D eigenvalue weighted by atomic mass is 10.0. The van der Waals surface area contributed by atoms with E-state index in [1.54, 1.807) is 6.07 Å². The monoisotopic (exact) mass is 287 g/mol. The fraction of sp³-hybridized carbons (Fsp3) is 0.294. The minimum absolute atomic E-state index is 0.236. The van der Waals surface area contributed by atoms with Gasteiger partial charge < -0.3 is 14.8 Å². The SMILES string of the molecule is COc1ccc(CNC2CCOc3ccccc32)cc1F. The van der Waals surface area contributed by atoms with Gasteiger partial charge in [0.25, 0.3) is 0 Å². The summed E-state index contributed by atoms with van der Waals surface area (Å²) >= 11 is 0. The maximum Gasteiger partial charge on any atom is 0.165 e. The van der Waals surface area contributed by atoms with Crippen LogP contribution in [0.4, 0.5) is 4.39 Å². The van der Waals surface area contributed by atoms with Crippen molar-refractivity contribution < 1.29 is 13.9 Å². The summed E-state index contributed by atoms with van der Waals surface area (Å²) < 4.78 is 24.2. The summed E-state index contributed by atoms with van der Waals surface area (Å²) in [5.74, 6) is 0.876. The molecule has 1 aliphatic heterocycles. The van der Waals surface area contributed by atoms with Gasteiger partial charge >= 0.3 is 0 Å². The first-order valence-electron chi connectivity index (χ1n) is 7.05. The van der Waals surface area contributed by atoms with Crippen LogP contribution in [-0.4, -0.2) is 13.7 Å². The van der Waals surface area contributed by atoms with E-state index in [1.165, 1.54) is 13.2 Å². The van der Waals surface area contributed by atoms with Crippen molar-refractivity contribution in [3.05, 3.63) is 59.4 Å². The molecule has 0 amide bonds. The topological polar surface area (TPSA) is 30.5 Å². The van der Waals surface area contributed by atoms with Gasteiger partial charge in [0.15, 0.2) is 11.6 Å². The van der Waals surface area contributed by atoms with E-state index in [9.17, 15) is 4.39 Å². The van der Waals surface area contributed by atoms with Crippen LogP contribution in [0, 0.1) is 5.82 Å². The third-order valence-electron chi connectivity index (χ3n) is 3.73. The normalized spacial score (nSPS) is 17.0. The molecule has 21 heavy (non-hydrogen) atoms. The fourth-order valence-corrected chi connectivity index (χ4v) is 2.62. The van der Waals surface area contributed by atoms with Gasteiger partial charge in [-0.1, -0.05) is 24.3 Å². The molecule has 1 atom stereocenters. The molecule has 1 N–H and O–H groups in total. The highest BCUT2D eigenvalue weighted by atomic mass is 19.1. The van der Waals surface area contributed by atoms with Crippen LogP contribution in [-0.2, 0) is 6.54 Å². The molecule has 0 aromatic heterocycles. The Morgan fingerprint density at radius 2 is 2.14 bits per heavy atom. The van der Waals surface area contributed by atoms with E-state index in [0.717, 1.165) is 23.3 Å². The quantitative estimate of drug-likeness (QED) is 0.934. The zero-order chi connectivity index (χ0) is 14.7. The highest BCUT2D eigenvalue weighted by Gasteiger charge is 2.20. The molecular formula is C17H18FNO2. The van der Waals surface area contributed by atoms with E-state index in [4.69, 9.17) is 9.47 Å². The molecule has 0 saturated carbocycles. The Morgan fingerprint density at radius 3 is 2.95 bits per heavy atom. The van der Waals surface area contributed by atoms with E-state index in [1.807, 2.05) is 24.3 Å². The summed E-state index contributed by atoms with van der Waals surface area (Å²) in [4.78, 5) is 0. The summed E-state index contributed by atoms with van der Waals surface area (Å²) in [6, 6.07) is 13.3. The van der Waals surface area contributed by atoms with Gasteiger partial charge in [-0.3, -0.25) is 0 Å². The second-order valence-corrected chi connectivity index (χ2v) is 5.08. The number of hydrogen-bond acceptors (Lipinski definition) is 3. The molecule has 0 spiro atoms. The van der Waals surface area contributed by atoms with Crippen molar-refractivity contribution in [2.24, 2.45) is 0 Å². The Hall–Kier alpha value is -2.07. The van der Waals surface area contributed by atoms with Crippen LogP contribution in [0.3, 0.4) is 0 Å². The Labute approximate surface area is 123 Å². The van der Waals surface area contributed by atoms with Gasteiger partial charge in [-0.25, -0.2) is 4.39 Å². The summed E-state index contributed by atoms with van der Waals surface area (Å²) in [5, 5.41) is 3.47. The number of methoxy groups -OCH3 is 1. The first kappa shape index (κ1) is 13.9. The second-order valence-electron chi connectivity index (χ2n) is 5.08. The van der Waals surface area contributed by atoms with E-state index < -0.39 is 0 Å². The van der Waals surface area contributed by atoms with Crippen molar-refractivity contribution in [3.8, 4) is 11.5 Å². The molecular weight excluding hydrogens is 269 g/mol. The summed E-state index contributed by atoms with van der Waals surface area (Å²) in [5.41, 5.74) is 2.06. The van der Waals surface area contributed by atoms with Crippen molar-refractivity contribution in [1.82, 2.24) is 5.32 Å². The molecule has 0 fully saturated rings. The maximum atomic E-state index is 13.7. The van der Waals surface area contributed by atoms with Crippen LogP contribution >= 0.6 is 0 Å². The molecule has 110 valence electrons. The number of halogens is 1. The van der Waals surface area contributed by atoms with Crippen LogP contribution < -0.4 is 14.8 Å². The smallest absolute Gasteiger partial charge is 0.165 e. The van der Waals surface area contributed by atoms with Crippen LogP contribution in [0.5, 0.6) is 11.5 Å². The number of ether oxygens (including phenoxy) is 2. The number of hydrogen-bond donors (Lipinski definition) is 1. The molecule has 4 heteroatoms. The Bertz CT molecular complexity index is 630. The molecule has 1 aliphatic rings. The summed E-state index contributed by atoms with van der Waals surface area (Å²) in [7, 11) is 1.47. The van der Waals surface area contributed by atoms with E-state index in [2.05, 4.69) is 11.4 Å². The molecule has 2 aromatic carbocycles. The van der Waals surface area contributed by atoms with Crippen molar-refractivity contribution in [2.75, 3.05) is 13.7 Å². The van der Waals surface area contributed by atoms with E-state index in [0.29, 0.717) is 13.2 Å². The van der Waals surface area contributed by atoms with Crippen LogP contribution in [0.25, 0.3) is 0 Å². The first-order valence-corrected chi connectivity index (χ1v) is 7.05. The lowest BCUT2D eigenvalue weighted by Crippen LogP contribution is -2.26. The van der Waals surface area contributed by atoms with E-state index in [-0.39, 0.29) is 17.6 Å². The van der Waals surface area contributed by atoms with Crippen molar-refractivity contribution >= 4 is 0 Å². The van der Waals surface area contributed by atoms with Crippen molar-refractivity contribution in [1.29, 1.82) is 0 Å². The predicted molar refractivity (Wildman–Crippen MR) is 79.1 cm³/mol.